The minimum absolute atomic E-state index is 0.121. The van der Waals surface area contributed by atoms with Crippen molar-refractivity contribution in [2.45, 2.75) is 65.7 Å². The first-order chi connectivity index (χ1) is 17.2. The van der Waals surface area contributed by atoms with Crippen LogP contribution in [-0.2, 0) is 20.0 Å². The summed E-state index contributed by atoms with van der Waals surface area (Å²) in [5.41, 5.74) is 4.38. The second-order valence-electron chi connectivity index (χ2n) is 9.88. The predicted molar refractivity (Wildman–Crippen MR) is 140 cm³/mol. The van der Waals surface area contributed by atoms with Crippen molar-refractivity contribution in [3.8, 4) is 6.07 Å². The molecule has 188 valence electrons. The van der Waals surface area contributed by atoms with E-state index >= 15 is 0 Å². The zero-order valence-electron chi connectivity index (χ0n) is 21.8. The molecular weight excluding hydrogens is 454 g/mol. The molecule has 0 radical (unpaired) electrons. The highest BCUT2D eigenvalue weighted by atomic mass is 16.1. The molecule has 1 unspecified atom stereocenters. The molecule has 10 heteroatoms. The molecule has 4 heterocycles. The average molecular weight is 488 g/mol. The lowest BCUT2D eigenvalue weighted by atomic mass is 10.0. The lowest BCUT2D eigenvalue weighted by molar-refractivity contribution is 0.119. The van der Waals surface area contributed by atoms with Crippen LogP contribution < -0.4 is 10.6 Å². The van der Waals surface area contributed by atoms with Gasteiger partial charge < -0.3 is 14.5 Å². The van der Waals surface area contributed by atoms with Gasteiger partial charge in [0.05, 0.1) is 23.5 Å². The van der Waals surface area contributed by atoms with Crippen molar-refractivity contribution >= 4 is 28.0 Å². The zero-order valence-corrected chi connectivity index (χ0v) is 21.8. The number of nitrogens with one attached hydrogen (secondary N) is 1. The van der Waals surface area contributed by atoms with Gasteiger partial charge in [-0.2, -0.15) is 10.2 Å². The fourth-order valence-electron chi connectivity index (χ4n) is 5.62. The Kier molecular flexibility index (Phi) is 6.04. The van der Waals surface area contributed by atoms with Gasteiger partial charge in [-0.05, 0) is 52.3 Å². The van der Waals surface area contributed by atoms with Crippen molar-refractivity contribution in [1.82, 2.24) is 34.0 Å². The molecule has 5 rings (SSSR count). The summed E-state index contributed by atoms with van der Waals surface area (Å²) in [6, 6.07) is 9.21. The third kappa shape index (κ3) is 3.84. The summed E-state index contributed by atoms with van der Waals surface area (Å²) in [6.07, 6.45) is 0.188. The number of H-pyrrole nitrogens is 1. The number of piperazine rings is 1. The van der Waals surface area contributed by atoms with Crippen molar-refractivity contribution in [2.24, 2.45) is 7.05 Å². The van der Waals surface area contributed by atoms with Crippen LogP contribution in [0.15, 0.2) is 23.0 Å². The fraction of sp³-hybridized carbons (Fsp3) is 0.500. The zero-order chi connectivity index (χ0) is 25.7. The van der Waals surface area contributed by atoms with Gasteiger partial charge in [-0.3, -0.25) is 9.47 Å². The van der Waals surface area contributed by atoms with Gasteiger partial charge in [0.25, 0.3) is 0 Å². The number of nitriles is 1. The Morgan fingerprint density at radius 1 is 1.19 bits per heavy atom. The lowest BCUT2D eigenvalue weighted by Crippen LogP contribution is -2.57. The van der Waals surface area contributed by atoms with E-state index in [9.17, 15) is 10.1 Å². The second kappa shape index (κ2) is 9.06. The maximum atomic E-state index is 12.9. The molecule has 0 amide bonds. The Morgan fingerprint density at radius 2 is 1.97 bits per heavy atom. The van der Waals surface area contributed by atoms with E-state index < -0.39 is 0 Å². The number of rotatable bonds is 5. The Hall–Kier alpha value is -3.71. The quantitative estimate of drug-likeness (QED) is 0.460. The second-order valence-corrected chi connectivity index (χ2v) is 9.88. The molecule has 1 aliphatic rings. The molecular formula is C26H33N9O. The van der Waals surface area contributed by atoms with E-state index in [-0.39, 0.29) is 30.2 Å². The van der Waals surface area contributed by atoms with Crippen molar-refractivity contribution < 1.29 is 0 Å². The fourth-order valence-corrected chi connectivity index (χ4v) is 5.62. The third-order valence-corrected chi connectivity index (χ3v) is 7.50. The summed E-state index contributed by atoms with van der Waals surface area (Å²) in [4.78, 5) is 34.7. The molecule has 3 aromatic heterocycles. The van der Waals surface area contributed by atoms with Crippen LogP contribution in [0, 0.1) is 18.3 Å². The van der Waals surface area contributed by atoms with Gasteiger partial charge in [0.2, 0.25) is 0 Å². The molecule has 1 aliphatic heterocycles. The van der Waals surface area contributed by atoms with Gasteiger partial charge in [-0.25, -0.2) is 14.8 Å². The van der Waals surface area contributed by atoms with E-state index in [2.05, 4.69) is 69.8 Å². The predicted octanol–water partition coefficient (Wildman–Crippen LogP) is 3.06. The van der Waals surface area contributed by atoms with E-state index in [1.807, 2.05) is 18.4 Å². The van der Waals surface area contributed by atoms with Crippen LogP contribution in [0.4, 0.5) is 5.82 Å². The topological polar surface area (TPSA) is 112 Å². The summed E-state index contributed by atoms with van der Waals surface area (Å²) >= 11 is 0. The van der Waals surface area contributed by atoms with Crippen LogP contribution in [0.5, 0.6) is 0 Å². The van der Waals surface area contributed by atoms with E-state index in [4.69, 9.17) is 4.98 Å². The first-order valence-corrected chi connectivity index (χ1v) is 12.5. The highest BCUT2D eigenvalue weighted by Crippen LogP contribution is 2.32. The van der Waals surface area contributed by atoms with Gasteiger partial charge >= 0.3 is 5.69 Å². The van der Waals surface area contributed by atoms with Crippen molar-refractivity contribution in [3.05, 3.63) is 45.9 Å². The summed E-state index contributed by atoms with van der Waals surface area (Å²) in [7, 11) is 1.72. The SMILES string of the molecule is CCn1c(CC#N)nc2c(N3C[C@@H](C)N(C(C)c4ccc5nc(C)[nH]c5c4)C[C@@H]3C)nc(=O)n(C)c21. The van der Waals surface area contributed by atoms with Crippen LogP contribution in [-0.4, -0.2) is 59.1 Å². The van der Waals surface area contributed by atoms with E-state index in [0.29, 0.717) is 23.7 Å². The van der Waals surface area contributed by atoms with Gasteiger partial charge in [0.1, 0.15) is 22.8 Å². The largest absolute Gasteiger partial charge is 0.350 e. The van der Waals surface area contributed by atoms with Crippen LogP contribution in [0.1, 0.15) is 50.9 Å². The van der Waals surface area contributed by atoms with E-state index in [0.717, 1.165) is 35.6 Å². The number of hydrogen-bond donors (Lipinski definition) is 1. The lowest BCUT2D eigenvalue weighted by Gasteiger charge is -2.47. The molecule has 3 atom stereocenters. The number of fused-ring (bicyclic) bond motifs is 2. The van der Waals surface area contributed by atoms with E-state index in [1.165, 1.54) is 10.1 Å². The van der Waals surface area contributed by atoms with Crippen LogP contribution >= 0.6 is 0 Å². The Bertz CT molecular complexity index is 1540. The number of aromatic amines is 1. The number of nitrogens with zero attached hydrogens (tertiary/aromatic N) is 8. The standard InChI is InChI=1S/C26H33N9O/c1-7-33-22(10-11-27)30-23-24(31-26(36)32(6)25(23)33)35-14-15(2)34(13-16(35)3)17(4)19-8-9-20-21(12-19)29-18(5)28-20/h8-9,12,15-17H,7,10,13-14H2,1-6H3,(H,28,29)/t15-,16+,17?/m1/s1. The number of aromatic nitrogens is 6. The molecule has 0 bridgehead atoms. The Balaban J connectivity index is 1.49. The van der Waals surface area contributed by atoms with Crippen molar-refractivity contribution in [1.29, 1.82) is 5.26 Å². The molecule has 1 saturated heterocycles. The van der Waals surface area contributed by atoms with Crippen molar-refractivity contribution in [2.75, 3.05) is 18.0 Å². The first-order valence-electron chi connectivity index (χ1n) is 12.5. The molecule has 10 nitrogen and oxygen atoms in total. The van der Waals surface area contributed by atoms with Crippen molar-refractivity contribution in [3.63, 3.8) is 0 Å². The molecule has 0 saturated carbocycles. The summed E-state index contributed by atoms with van der Waals surface area (Å²) < 4.78 is 3.49. The third-order valence-electron chi connectivity index (χ3n) is 7.50. The molecule has 1 aromatic carbocycles. The first kappa shape index (κ1) is 24.0. The van der Waals surface area contributed by atoms with Gasteiger partial charge in [0, 0.05) is 44.8 Å². The van der Waals surface area contributed by atoms with Crippen LogP contribution in [0.25, 0.3) is 22.2 Å². The molecule has 0 aliphatic carbocycles. The molecule has 36 heavy (non-hydrogen) atoms. The molecule has 0 spiro atoms. The number of aryl methyl sites for hydroxylation is 3. The maximum Gasteiger partial charge on any atom is 0.350 e. The molecule has 4 aromatic rings. The number of benzene rings is 1. The summed E-state index contributed by atoms with van der Waals surface area (Å²) in [5.74, 6) is 2.19. The van der Waals surface area contributed by atoms with Crippen LogP contribution in [0.2, 0.25) is 0 Å². The Labute approximate surface area is 210 Å². The number of hydrogen-bond acceptors (Lipinski definition) is 7. The number of imidazole rings is 2. The smallest absolute Gasteiger partial charge is 0.349 e. The maximum absolute atomic E-state index is 12.9. The molecule has 1 fully saturated rings. The summed E-state index contributed by atoms with van der Waals surface area (Å²) in [5, 5.41) is 9.31. The minimum Gasteiger partial charge on any atom is -0.349 e. The molecule has 1 N–H and O–H groups in total. The highest BCUT2D eigenvalue weighted by molar-refractivity contribution is 5.85. The van der Waals surface area contributed by atoms with Gasteiger partial charge in [-0.1, -0.05) is 6.07 Å². The summed E-state index contributed by atoms with van der Waals surface area (Å²) in [6.45, 7) is 12.8. The number of anilines is 1. The van der Waals surface area contributed by atoms with Crippen LogP contribution in [0.3, 0.4) is 0 Å². The highest BCUT2D eigenvalue weighted by Gasteiger charge is 2.35. The van der Waals surface area contributed by atoms with Gasteiger partial charge in [0.15, 0.2) is 5.82 Å². The Morgan fingerprint density at radius 3 is 2.69 bits per heavy atom. The minimum atomic E-state index is -0.311. The van der Waals surface area contributed by atoms with Gasteiger partial charge in [-0.15, -0.1) is 0 Å². The monoisotopic (exact) mass is 487 g/mol. The normalized spacial score (nSPS) is 19.8. The average Bonchev–Trinajstić information content (AvgIpc) is 3.41. The van der Waals surface area contributed by atoms with E-state index in [1.54, 1.807) is 7.05 Å².